The molecule has 0 N–H and O–H groups in total. The highest BCUT2D eigenvalue weighted by Gasteiger charge is 2.42. The Kier molecular flexibility index (Phi) is 3.59. The maximum absolute atomic E-state index is 11.8. The number of allylic oxidation sites excluding steroid dienone is 1. The van der Waals surface area contributed by atoms with Gasteiger partial charge in [-0.25, -0.2) is 0 Å². The molecule has 0 saturated carbocycles. The molecule has 0 aromatic carbocycles. The largest absolute Gasteiger partial charge is 0.461 e. The molecule has 0 fully saturated rings. The molecule has 0 unspecified atom stereocenters. The predicted octanol–water partition coefficient (Wildman–Crippen LogP) is 3.62. The lowest BCUT2D eigenvalue weighted by Crippen LogP contribution is -2.15. The second-order valence-electron chi connectivity index (χ2n) is 1.63. The zero-order valence-electron chi connectivity index (χ0n) is 5.43. The van der Waals surface area contributed by atoms with Crippen LogP contribution in [-0.2, 0) is 4.74 Å². The number of alkyl halides is 6. The molecule has 0 heterocycles. The zero-order chi connectivity index (χ0) is 10.9. The summed E-state index contributed by atoms with van der Waals surface area (Å²) in [6.45, 7) is 0. The van der Waals surface area contributed by atoms with Gasteiger partial charge in [-0.3, -0.25) is 0 Å². The minimum atomic E-state index is -5.69. The fraction of sp³-hybridized carbons (Fsp3) is 0.500. The fourth-order valence-electron chi connectivity index (χ4n) is 0.258. The molecule has 0 aliphatic carbocycles. The first-order chi connectivity index (χ1) is 5.54. The van der Waals surface area contributed by atoms with E-state index in [1.807, 2.05) is 0 Å². The third-order valence-electron chi connectivity index (χ3n) is 0.627. The van der Waals surface area contributed by atoms with Crippen molar-refractivity contribution in [1.82, 2.24) is 0 Å². The Hall–Kier alpha value is -0.470. The van der Waals surface area contributed by atoms with Gasteiger partial charge in [0.2, 0.25) is 0 Å². The smallest absolute Gasteiger partial charge is 0.395 e. The molecule has 0 spiro atoms. The van der Waals surface area contributed by atoms with Crippen LogP contribution in [0.3, 0.4) is 0 Å². The van der Waals surface area contributed by atoms with Crippen LogP contribution in [0.4, 0.5) is 30.7 Å². The summed E-state index contributed by atoms with van der Waals surface area (Å²) in [5.41, 5.74) is 0. The number of hydrogen-bond donors (Lipinski definition) is 0. The van der Waals surface area contributed by atoms with E-state index in [0.717, 1.165) is 0 Å². The zero-order valence-corrected chi connectivity index (χ0v) is 7.02. The van der Waals surface area contributed by atoms with Crippen LogP contribution >= 0.6 is 15.9 Å². The van der Waals surface area contributed by atoms with E-state index >= 15 is 0 Å². The Balaban J connectivity index is 4.65. The van der Waals surface area contributed by atoms with Crippen LogP contribution < -0.4 is 0 Å². The molecule has 13 heavy (non-hydrogen) atoms. The standard InChI is InChI=1S/C4BrF7O/c5-4(11,12)13-2(7)1(6)3(8,9)10/b2-1-. The van der Waals surface area contributed by atoms with E-state index in [0.29, 0.717) is 0 Å². The lowest BCUT2D eigenvalue weighted by molar-refractivity contribution is -0.160. The molecule has 0 radical (unpaired) electrons. The summed E-state index contributed by atoms with van der Waals surface area (Å²) in [5.74, 6) is -3.35. The van der Waals surface area contributed by atoms with Crippen molar-refractivity contribution in [2.24, 2.45) is 0 Å². The van der Waals surface area contributed by atoms with Gasteiger partial charge in [0.15, 0.2) is 0 Å². The van der Waals surface area contributed by atoms with Crippen molar-refractivity contribution in [1.29, 1.82) is 0 Å². The van der Waals surface area contributed by atoms with Crippen molar-refractivity contribution in [3.05, 3.63) is 11.8 Å². The minimum Gasteiger partial charge on any atom is -0.395 e. The second-order valence-corrected chi connectivity index (χ2v) is 2.56. The van der Waals surface area contributed by atoms with Crippen molar-refractivity contribution < 1.29 is 35.5 Å². The SMILES string of the molecule is F/C(OC(F)(F)Br)=C(/F)C(F)(F)F. The van der Waals surface area contributed by atoms with Crippen LogP contribution in [0.15, 0.2) is 11.8 Å². The first-order valence-corrected chi connectivity index (χ1v) is 3.21. The Morgan fingerprint density at radius 3 is 1.62 bits per heavy atom. The Morgan fingerprint density at radius 1 is 1.00 bits per heavy atom. The number of rotatable bonds is 2. The summed E-state index contributed by atoms with van der Waals surface area (Å²) in [5, 5.41) is -4.39. The van der Waals surface area contributed by atoms with E-state index in [4.69, 9.17) is 0 Å². The summed E-state index contributed by atoms with van der Waals surface area (Å²) in [7, 11) is 0. The van der Waals surface area contributed by atoms with Crippen LogP contribution in [0.5, 0.6) is 0 Å². The quantitative estimate of drug-likeness (QED) is 0.425. The van der Waals surface area contributed by atoms with Crippen molar-refractivity contribution in [2.75, 3.05) is 0 Å². The molecule has 0 aromatic rings. The molecule has 78 valence electrons. The van der Waals surface area contributed by atoms with Crippen LogP contribution in [0.1, 0.15) is 0 Å². The van der Waals surface area contributed by atoms with Gasteiger partial charge in [0.05, 0.1) is 0 Å². The molecular weight excluding hydrogens is 277 g/mol. The molecule has 0 aliphatic heterocycles. The summed E-state index contributed by atoms with van der Waals surface area (Å²) in [6.07, 6.45) is -5.69. The molecule has 0 bridgehead atoms. The highest BCUT2D eigenvalue weighted by atomic mass is 79.9. The lowest BCUT2D eigenvalue weighted by atomic mass is 10.5. The molecule has 0 aromatic heterocycles. The summed E-state index contributed by atoms with van der Waals surface area (Å²) in [4.78, 5) is 0. The van der Waals surface area contributed by atoms with Gasteiger partial charge in [-0.05, 0) is 0 Å². The van der Waals surface area contributed by atoms with Gasteiger partial charge in [-0.15, -0.1) is 0 Å². The van der Waals surface area contributed by atoms with Crippen molar-refractivity contribution in [3.8, 4) is 0 Å². The van der Waals surface area contributed by atoms with Gasteiger partial charge < -0.3 is 4.74 Å². The highest BCUT2D eigenvalue weighted by Crippen LogP contribution is 2.34. The van der Waals surface area contributed by atoms with Gasteiger partial charge in [0.25, 0.3) is 5.83 Å². The Morgan fingerprint density at radius 2 is 1.38 bits per heavy atom. The lowest BCUT2D eigenvalue weighted by Gasteiger charge is -2.10. The van der Waals surface area contributed by atoms with Crippen molar-refractivity contribution >= 4 is 15.9 Å². The van der Waals surface area contributed by atoms with E-state index in [2.05, 4.69) is 4.74 Å². The van der Waals surface area contributed by atoms with E-state index < -0.39 is 23.0 Å². The maximum Gasteiger partial charge on any atom is 0.461 e. The van der Waals surface area contributed by atoms with Crippen LogP contribution in [0.25, 0.3) is 0 Å². The topological polar surface area (TPSA) is 9.23 Å². The third-order valence-corrected chi connectivity index (χ3v) is 0.789. The average Bonchev–Trinajstić information content (AvgIpc) is 1.79. The first kappa shape index (κ1) is 12.5. The molecule has 0 aliphatic rings. The van der Waals surface area contributed by atoms with E-state index in [9.17, 15) is 30.7 Å². The third kappa shape index (κ3) is 4.96. The van der Waals surface area contributed by atoms with Gasteiger partial charge in [0, 0.05) is 15.9 Å². The summed E-state index contributed by atoms with van der Waals surface area (Å²) in [6, 6.07) is -3.03. The number of ether oxygens (including phenoxy) is 1. The predicted molar refractivity (Wildman–Crippen MR) is 30.3 cm³/mol. The summed E-state index contributed by atoms with van der Waals surface area (Å²) < 4.78 is 83.2. The first-order valence-electron chi connectivity index (χ1n) is 2.42. The molecule has 1 nitrogen and oxygen atoms in total. The monoisotopic (exact) mass is 276 g/mol. The molecule has 9 heteroatoms. The Bertz CT molecular complexity index is 214. The van der Waals surface area contributed by atoms with Crippen LogP contribution in [0, 0.1) is 0 Å². The second kappa shape index (κ2) is 3.72. The Labute approximate surface area is 75.3 Å². The molecule has 0 saturated heterocycles. The van der Waals surface area contributed by atoms with Gasteiger partial charge in [-0.1, -0.05) is 0 Å². The average molecular weight is 277 g/mol. The van der Waals surface area contributed by atoms with Crippen molar-refractivity contribution in [2.45, 2.75) is 11.2 Å². The molecule has 0 rings (SSSR count). The summed E-state index contributed by atoms with van der Waals surface area (Å²) >= 11 is 1.35. The van der Waals surface area contributed by atoms with E-state index in [-0.39, 0.29) is 0 Å². The number of halogens is 8. The van der Waals surface area contributed by atoms with Gasteiger partial charge >= 0.3 is 17.2 Å². The van der Waals surface area contributed by atoms with Crippen molar-refractivity contribution in [3.63, 3.8) is 0 Å². The van der Waals surface area contributed by atoms with Gasteiger partial charge in [-0.2, -0.15) is 30.7 Å². The van der Waals surface area contributed by atoms with Crippen LogP contribution in [0.2, 0.25) is 0 Å². The fourth-order valence-corrected chi connectivity index (χ4v) is 0.400. The maximum atomic E-state index is 11.8. The van der Waals surface area contributed by atoms with Crippen LogP contribution in [-0.4, -0.2) is 11.2 Å². The molecule has 0 atom stereocenters. The van der Waals surface area contributed by atoms with Gasteiger partial charge in [0.1, 0.15) is 0 Å². The van der Waals surface area contributed by atoms with E-state index in [1.54, 1.807) is 0 Å². The highest BCUT2D eigenvalue weighted by molar-refractivity contribution is 9.09. The minimum absolute atomic E-state index is 1.35. The normalized spacial score (nSPS) is 15.4. The van der Waals surface area contributed by atoms with E-state index in [1.165, 1.54) is 15.9 Å². The molecular formula is C4BrF7O. The number of hydrogen-bond acceptors (Lipinski definition) is 1. The molecule has 0 amide bonds.